The number of fused-ring (bicyclic) bond motifs is 13. The van der Waals surface area contributed by atoms with Gasteiger partial charge in [-0.2, -0.15) is 0 Å². The fourth-order valence-electron chi connectivity index (χ4n) is 7.51. The molecule has 0 saturated carbocycles. The third-order valence-corrected chi connectivity index (χ3v) is 9.48. The van der Waals surface area contributed by atoms with Gasteiger partial charge in [-0.05, 0) is 41.3 Å². The van der Waals surface area contributed by atoms with Crippen molar-refractivity contribution >= 4 is 88.5 Å². The maximum atomic E-state index is 6.82. The number of rotatable bonds is 4. The van der Waals surface area contributed by atoms with Crippen molar-refractivity contribution in [3.05, 3.63) is 139 Å². The molecule has 5 heteroatoms. The first-order chi connectivity index (χ1) is 23.7. The zero-order chi connectivity index (χ0) is 31.9. The van der Waals surface area contributed by atoms with Crippen molar-refractivity contribution in [1.82, 2.24) is 14.5 Å². The number of hydrogen-bond donors (Lipinski definition) is 0. The van der Waals surface area contributed by atoms with E-state index >= 15 is 0 Å². The minimum atomic E-state index is 0.546. The summed E-state index contributed by atoms with van der Waals surface area (Å²) in [6.07, 6.45) is 5.95. The highest BCUT2D eigenvalue weighted by atomic mass is 16.3. The summed E-state index contributed by atoms with van der Waals surface area (Å²) in [7, 11) is 0. The van der Waals surface area contributed by atoms with Gasteiger partial charge in [-0.1, -0.05) is 122 Å². The van der Waals surface area contributed by atoms with E-state index in [0.717, 1.165) is 93.4 Å². The molecule has 0 fully saturated rings. The Balaban J connectivity index is 1.50. The second-order valence-corrected chi connectivity index (χ2v) is 12.1. The van der Waals surface area contributed by atoms with Crippen LogP contribution >= 0.6 is 0 Å². The van der Waals surface area contributed by atoms with Crippen LogP contribution in [0.1, 0.15) is 18.2 Å². The van der Waals surface area contributed by atoms with Gasteiger partial charge in [-0.3, -0.25) is 4.57 Å². The predicted molar refractivity (Wildman–Crippen MR) is 199 cm³/mol. The van der Waals surface area contributed by atoms with Gasteiger partial charge in [0, 0.05) is 38.1 Å². The minimum Gasteiger partial charge on any atom is -0.454 e. The molecule has 0 amide bonds. The van der Waals surface area contributed by atoms with Crippen LogP contribution in [0.5, 0.6) is 0 Å². The highest BCUT2D eigenvalue weighted by molar-refractivity contribution is 6.34. The largest absolute Gasteiger partial charge is 0.454 e. The summed E-state index contributed by atoms with van der Waals surface area (Å²) in [6.45, 7) is 6.15. The molecule has 6 aromatic carbocycles. The van der Waals surface area contributed by atoms with E-state index in [2.05, 4.69) is 96.1 Å². The molecule has 0 N–H and O–H groups in total. The Morgan fingerprint density at radius 2 is 1.33 bits per heavy atom. The predicted octanol–water partition coefficient (Wildman–Crippen LogP) is 11.9. The molecule has 0 bridgehead atoms. The second kappa shape index (κ2) is 10.0. The lowest BCUT2D eigenvalue weighted by Gasteiger charge is -2.11. The summed E-state index contributed by atoms with van der Waals surface area (Å²) >= 11 is 0. The van der Waals surface area contributed by atoms with Crippen LogP contribution in [0, 0.1) is 0 Å². The standard InChI is InChI=1S/C43H27N3O2/c1-3-14-30-33(4-2)47-41-36(30)29-20-11-10-19-28(29)35-32-24-23-25-15-8-9-18-27(25)39(32)46(40(35)41)43-44-37(26-16-6-5-7-17-26)42-38(45-43)31-21-12-13-22-34(31)48-42/h3-24H,2H2,1H3/b14-3-. The molecular weight excluding hydrogens is 590 g/mol. The number of aromatic nitrogens is 3. The van der Waals surface area contributed by atoms with E-state index in [4.69, 9.17) is 18.8 Å². The van der Waals surface area contributed by atoms with Crippen molar-refractivity contribution in [3.63, 3.8) is 0 Å². The lowest BCUT2D eigenvalue weighted by molar-refractivity contribution is 0.605. The highest BCUT2D eigenvalue weighted by Gasteiger charge is 2.27. The molecule has 0 radical (unpaired) electrons. The molecule has 0 atom stereocenters. The quantitative estimate of drug-likeness (QED) is 0.197. The Labute approximate surface area is 274 Å². The molecule has 226 valence electrons. The monoisotopic (exact) mass is 617 g/mol. The van der Waals surface area contributed by atoms with Crippen LogP contribution in [-0.2, 0) is 0 Å². The zero-order valence-electron chi connectivity index (χ0n) is 26.1. The van der Waals surface area contributed by atoms with Crippen molar-refractivity contribution in [2.45, 2.75) is 6.92 Å². The van der Waals surface area contributed by atoms with Crippen LogP contribution in [0.4, 0.5) is 0 Å². The topological polar surface area (TPSA) is 57.0 Å². The third-order valence-electron chi connectivity index (χ3n) is 9.48. The summed E-state index contributed by atoms with van der Waals surface area (Å²) in [5.74, 6) is 1.27. The number of nitrogens with zero attached hydrogens (tertiary/aromatic N) is 3. The van der Waals surface area contributed by atoms with Gasteiger partial charge in [0.05, 0.1) is 5.52 Å². The number of allylic oxidation sites excluding steroid dienone is 1. The Hall–Kier alpha value is -6.46. The van der Waals surface area contributed by atoms with Crippen molar-refractivity contribution in [1.29, 1.82) is 0 Å². The van der Waals surface area contributed by atoms with E-state index in [1.807, 2.05) is 49.4 Å². The van der Waals surface area contributed by atoms with E-state index in [9.17, 15) is 0 Å². The van der Waals surface area contributed by atoms with Gasteiger partial charge in [-0.15, -0.1) is 0 Å². The van der Waals surface area contributed by atoms with E-state index in [1.165, 1.54) is 0 Å². The highest BCUT2D eigenvalue weighted by Crippen LogP contribution is 2.47. The van der Waals surface area contributed by atoms with Crippen LogP contribution in [0.15, 0.2) is 137 Å². The number of hydrogen-bond acceptors (Lipinski definition) is 4. The number of benzene rings is 6. The normalized spacial score (nSPS) is 12.3. The van der Waals surface area contributed by atoms with Gasteiger partial charge >= 0.3 is 0 Å². The lowest BCUT2D eigenvalue weighted by atomic mass is 9.97. The maximum Gasteiger partial charge on any atom is 0.236 e. The average Bonchev–Trinajstić information content (AvgIpc) is 3.82. The summed E-state index contributed by atoms with van der Waals surface area (Å²) in [6, 6.07) is 39.8. The summed E-state index contributed by atoms with van der Waals surface area (Å²) in [5.41, 5.74) is 7.61. The molecule has 5 nitrogen and oxygen atoms in total. The average molecular weight is 618 g/mol. The molecule has 10 rings (SSSR count). The van der Waals surface area contributed by atoms with E-state index in [0.29, 0.717) is 11.5 Å². The molecule has 0 aliphatic rings. The minimum absolute atomic E-state index is 0.546. The Morgan fingerprint density at radius 1 is 0.625 bits per heavy atom. The molecule has 10 aromatic rings. The zero-order valence-corrected chi connectivity index (χ0v) is 26.1. The van der Waals surface area contributed by atoms with Gasteiger partial charge < -0.3 is 8.83 Å². The molecule has 4 aromatic heterocycles. The van der Waals surface area contributed by atoms with Gasteiger partial charge in [0.2, 0.25) is 5.95 Å². The first-order valence-corrected chi connectivity index (χ1v) is 16.1. The van der Waals surface area contributed by atoms with Crippen LogP contribution in [0.25, 0.3) is 106 Å². The second-order valence-electron chi connectivity index (χ2n) is 12.1. The number of furan rings is 2. The molecule has 0 aliphatic carbocycles. The summed E-state index contributed by atoms with van der Waals surface area (Å²) in [5, 5.41) is 8.68. The molecule has 0 spiro atoms. The Morgan fingerprint density at radius 3 is 2.12 bits per heavy atom. The number of para-hydroxylation sites is 1. The van der Waals surface area contributed by atoms with Crippen LogP contribution < -0.4 is 0 Å². The van der Waals surface area contributed by atoms with Crippen LogP contribution in [0.2, 0.25) is 0 Å². The van der Waals surface area contributed by atoms with Gasteiger partial charge in [0.1, 0.15) is 28.1 Å². The molecular formula is C43H27N3O2. The fourth-order valence-corrected chi connectivity index (χ4v) is 7.51. The first kappa shape index (κ1) is 26.7. The van der Waals surface area contributed by atoms with Crippen molar-refractivity contribution in [3.8, 4) is 17.2 Å². The summed E-state index contributed by atoms with van der Waals surface area (Å²) in [4.78, 5) is 10.7. The van der Waals surface area contributed by atoms with Crippen molar-refractivity contribution in [2.75, 3.05) is 0 Å². The summed E-state index contributed by atoms with van der Waals surface area (Å²) < 4.78 is 15.5. The first-order valence-electron chi connectivity index (χ1n) is 16.1. The van der Waals surface area contributed by atoms with Crippen molar-refractivity contribution < 1.29 is 8.83 Å². The van der Waals surface area contributed by atoms with Crippen LogP contribution in [-0.4, -0.2) is 14.5 Å². The fraction of sp³-hybridized carbons (Fsp3) is 0.0233. The van der Waals surface area contributed by atoms with E-state index < -0.39 is 0 Å². The SMILES string of the molecule is C=Cc1oc2c(c1/C=C\C)c1ccccc1c1c3ccc4ccccc4c3n(-c3nc(-c4ccccc4)c4oc5ccccc5c4n3)c21. The molecule has 48 heavy (non-hydrogen) atoms. The smallest absolute Gasteiger partial charge is 0.236 e. The van der Waals surface area contributed by atoms with E-state index in [-0.39, 0.29) is 0 Å². The van der Waals surface area contributed by atoms with Gasteiger partial charge in [-0.25, -0.2) is 9.97 Å². The lowest BCUT2D eigenvalue weighted by Crippen LogP contribution is -2.03. The Bertz CT molecular complexity index is 2980. The van der Waals surface area contributed by atoms with Crippen LogP contribution in [0.3, 0.4) is 0 Å². The van der Waals surface area contributed by atoms with E-state index in [1.54, 1.807) is 6.08 Å². The van der Waals surface area contributed by atoms with Gasteiger partial charge in [0.15, 0.2) is 11.2 Å². The molecule has 4 heterocycles. The van der Waals surface area contributed by atoms with Crippen molar-refractivity contribution in [2.24, 2.45) is 0 Å². The molecule has 0 aliphatic heterocycles. The Kier molecular flexibility index (Phi) is 5.58. The molecule has 0 unspecified atom stereocenters. The van der Waals surface area contributed by atoms with Gasteiger partial charge in [0.25, 0.3) is 0 Å². The maximum absolute atomic E-state index is 6.82. The molecule has 0 saturated heterocycles. The third kappa shape index (κ3) is 3.55.